The van der Waals surface area contributed by atoms with Gasteiger partial charge in [0.05, 0.1) is 11.6 Å². The number of carbonyl (C=O) groups excluding carboxylic acids is 1. The monoisotopic (exact) mass is 394 g/mol. The van der Waals surface area contributed by atoms with Crippen LogP contribution in [0.25, 0.3) is 0 Å². The second-order valence-corrected chi connectivity index (χ2v) is 7.88. The summed E-state index contributed by atoms with van der Waals surface area (Å²) in [7, 11) is 0. The summed E-state index contributed by atoms with van der Waals surface area (Å²) in [6, 6.07) is 17.7. The summed E-state index contributed by atoms with van der Waals surface area (Å²) in [5, 5.41) is 6.77. The van der Waals surface area contributed by atoms with Gasteiger partial charge in [0.25, 0.3) is 0 Å². The number of allylic oxidation sites excluding steroid dienone is 1. The van der Waals surface area contributed by atoms with E-state index in [4.69, 9.17) is 17.0 Å². The summed E-state index contributed by atoms with van der Waals surface area (Å²) >= 11 is 5.31. The Morgan fingerprint density at radius 3 is 2.39 bits per heavy atom. The van der Waals surface area contributed by atoms with E-state index in [1.54, 1.807) is 0 Å². The second-order valence-electron chi connectivity index (χ2n) is 7.47. The standard InChI is InChI=1S/C23H26N2O2S/c1-15(2)13-17-9-11-19(12-10-17)21-20(16(3)24-23(28)25-21)22(26)27-14-18-7-5-4-6-8-18/h4-12,15,21H,13-14H2,1-3H3,(H2,24,25,28). The maximum Gasteiger partial charge on any atom is 0.338 e. The lowest BCUT2D eigenvalue weighted by molar-refractivity contribution is -0.140. The van der Waals surface area contributed by atoms with Crippen molar-refractivity contribution >= 4 is 23.3 Å². The molecule has 5 heteroatoms. The lowest BCUT2D eigenvalue weighted by atomic mass is 9.93. The van der Waals surface area contributed by atoms with Gasteiger partial charge in [-0.25, -0.2) is 4.79 Å². The first-order chi connectivity index (χ1) is 13.4. The number of esters is 1. The van der Waals surface area contributed by atoms with Gasteiger partial charge in [0.15, 0.2) is 5.11 Å². The van der Waals surface area contributed by atoms with Crippen molar-refractivity contribution in [2.45, 2.75) is 39.8 Å². The SMILES string of the molecule is CC1=C(C(=O)OCc2ccccc2)C(c2ccc(CC(C)C)cc2)NC(=S)N1. The number of nitrogens with one attached hydrogen (secondary N) is 2. The minimum absolute atomic E-state index is 0.237. The molecule has 1 aliphatic rings. The van der Waals surface area contributed by atoms with E-state index in [2.05, 4.69) is 48.7 Å². The zero-order valence-corrected chi connectivity index (χ0v) is 17.3. The molecule has 0 aliphatic carbocycles. The quantitative estimate of drug-likeness (QED) is 0.561. The molecule has 1 unspecified atom stereocenters. The first kappa shape index (κ1) is 20.1. The molecule has 2 aromatic rings. The third-order valence-electron chi connectivity index (χ3n) is 4.66. The smallest absolute Gasteiger partial charge is 0.338 e. The Balaban J connectivity index is 1.81. The van der Waals surface area contributed by atoms with Crippen LogP contribution in [0.3, 0.4) is 0 Å². The van der Waals surface area contributed by atoms with Gasteiger partial charge in [-0.05, 0) is 48.2 Å². The summed E-state index contributed by atoms with van der Waals surface area (Å²) in [5.41, 5.74) is 4.50. The predicted octanol–water partition coefficient (Wildman–Crippen LogP) is 4.42. The molecule has 28 heavy (non-hydrogen) atoms. The lowest BCUT2D eigenvalue weighted by Crippen LogP contribution is -2.45. The zero-order valence-electron chi connectivity index (χ0n) is 16.5. The molecule has 4 nitrogen and oxygen atoms in total. The number of ether oxygens (including phenoxy) is 1. The number of benzene rings is 2. The van der Waals surface area contributed by atoms with Gasteiger partial charge in [0.1, 0.15) is 6.61 Å². The molecule has 2 aromatic carbocycles. The Morgan fingerprint density at radius 2 is 1.75 bits per heavy atom. The zero-order chi connectivity index (χ0) is 20.1. The van der Waals surface area contributed by atoms with Crippen molar-refractivity contribution in [3.63, 3.8) is 0 Å². The number of rotatable bonds is 6. The summed E-state index contributed by atoms with van der Waals surface area (Å²) in [5.74, 6) is 0.251. The van der Waals surface area contributed by atoms with E-state index in [9.17, 15) is 4.79 Å². The third kappa shape index (κ3) is 4.98. The first-order valence-electron chi connectivity index (χ1n) is 9.52. The number of hydrogen-bond donors (Lipinski definition) is 2. The molecular formula is C23H26N2O2S. The molecule has 146 valence electrons. The molecule has 0 radical (unpaired) electrons. The average Bonchev–Trinajstić information content (AvgIpc) is 2.66. The Labute approximate surface area is 172 Å². The predicted molar refractivity (Wildman–Crippen MR) is 116 cm³/mol. The van der Waals surface area contributed by atoms with Crippen molar-refractivity contribution < 1.29 is 9.53 Å². The van der Waals surface area contributed by atoms with Crippen molar-refractivity contribution in [2.75, 3.05) is 0 Å². The fourth-order valence-corrected chi connectivity index (χ4v) is 3.60. The van der Waals surface area contributed by atoms with Crippen LogP contribution >= 0.6 is 12.2 Å². The summed E-state index contributed by atoms with van der Waals surface area (Å²) < 4.78 is 5.58. The molecule has 0 spiro atoms. The molecule has 0 fully saturated rings. The van der Waals surface area contributed by atoms with Crippen molar-refractivity contribution in [1.29, 1.82) is 0 Å². The van der Waals surface area contributed by atoms with E-state index in [1.165, 1.54) is 5.56 Å². The molecule has 0 bridgehead atoms. The van der Waals surface area contributed by atoms with E-state index < -0.39 is 0 Å². The van der Waals surface area contributed by atoms with Gasteiger partial charge in [0.2, 0.25) is 0 Å². The maximum atomic E-state index is 12.9. The molecule has 0 saturated carbocycles. The topological polar surface area (TPSA) is 50.4 Å². The van der Waals surface area contributed by atoms with E-state index >= 15 is 0 Å². The Hall–Kier alpha value is -2.66. The van der Waals surface area contributed by atoms with E-state index in [0.29, 0.717) is 16.6 Å². The van der Waals surface area contributed by atoms with Crippen LogP contribution in [-0.4, -0.2) is 11.1 Å². The van der Waals surface area contributed by atoms with Gasteiger partial charge in [-0.2, -0.15) is 0 Å². The van der Waals surface area contributed by atoms with Crippen LogP contribution in [0.4, 0.5) is 0 Å². The molecule has 3 rings (SSSR count). The summed E-state index contributed by atoms with van der Waals surface area (Å²) in [6.45, 7) is 6.49. The largest absolute Gasteiger partial charge is 0.457 e. The van der Waals surface area contributed by atoms with Gasteiger partial charge < -0.3 is 15.4 Å². The molecule has 1 atom stereocenters. The highest BCUT2D eigenvalue weighted by atomic mass is 32.1. The van der Waals surface area contributed by atoms with Crippen molar-refractivity contribution in [1.82, 2.24) is 10.6 Å². The second kappa shape index (κ2) is 9.02. The highest BCUT2D eigenvalue weighted by molar-refractivity contribution is 7.80. The van der Waals surface area contributed by atoms with Gasteiger partial charge >= 0.3 is 5.97 Å². The minimum Gasteiger partial charge on any atom is -0.457 e. The number of carbonyl (C=O) groups is 1. The molecule has 0 saturated heterocycles. The van der Waals surface area contributed by atoms with Gasteiger partial charge in [-0.1, -0.05) is 68.4 Å². The van der Waals surface area contributed by atoms with Crippen LogP contribution in [0.1, 0.15) is 43.5 Å². The normalized spacial score (nSPS) is 16.6. The Bertz CT molecular complexity index is 873. The Kier molecular flexibility index (Phi) is 6.47. The van der Waals surface area contributed by atoms with E-state index in [1.807, 2.05) is 37.3 Å². The fraction of sp³-hybridized carbons (Fsp3) is 0.304. The molecular weight excluding hydrogens is 368 g/mol. The van der Waals surface area contributed by atoms with Gasteiger partial charge in [-0.15, -0.1) is 0 Å². The van der Waals surface area contributed by atoms with E-state index in [-0.39, 0.29) is 18.6 Å². The van der Waals surface area contributed by atoms with Crippen molar-refractivity contribution in [3.8, 4) is 0 Å². The molecule has 0 amide bonds. The van der Waals surface area contributed by atoms with Crippen LogP contribution in [0.5, 0.6) is 0 Å². The van der Waals surface area contributed by atoms with E-state index in [0.717, 1.165) is 23.2 Å². The van der Waals surface area contributed by atoms with Gasteiger partial charge in [0, 0.05) is 5.70 Å². The number of thiocarbonyl (C=S) groups is 1. The van der Waals surface area contributed by atoms with Crippen LogP contribution in [0.15, 0.2) is 65.9 Å². The van der Waals surface area contributed by atoms with Crippen molar-refractivity contribution in [2.24, 2.45) is 5.92 Å². The fourth-order valence-electron chi connectivity index (χ4n) is 3.33. The third-order valence-corrected chi connectivity index (χ3v) is 4.88. The molecule has 1 aliphatic heterocycles. The summed E-state index contributed by atoms with van der Waals surface area (Å²) in [6.07, 6.45) is 1.03. The highest BCUT2D eigenvalue weighted by Crippen LogP contribution is 2.28. The van der Waals surface area contributed by atoms with Crippen LogP contribution in [0, 0.1) is 5.92 Å². The van der Waals surface area contributed by atoms with Crippen LogP contribution in [-0.2, 0) is 22.6 Å². The lowest BCUT2D eigenvalue weighted by Gasteiger charge is -2.30. The van der Waals surface area contributed by atoms with Crippen LogP contribution in [0.2, 0.25) is 0 Å². The molecule has 1 heterocycles. The Morgan fingerprint density at radius 1 is 1.07 bits per heavy atom. The van der Waals surface area contributed by atoms with Crippen LogP contribution < -0.4 is 10.6 Å². The molecule has 2 N–H and O–H groups in total. The van der Waals surface area contributed by atoms with Crippen molar-refractivity contribution in [3.05, 3.63) is 82.6 Å². The maximum absolute atomic E-state index is 12.9. The minimum atomic E-state index is -0.347. The molecule has 0 aromatic heterocycles. The average molecular weight is 395 g/mol. The first-order valence-corrected chi connectivity index (χ1v) is 9.93. The van der Waals surface area contributed by atoms with Gasteiger partial charge in [-0.3, -0.25) is 0 Å². The number of hydrogen-bond acceptors (Lipinski definition) is 3. The summed E-state index contributed by atoms with van der Waals surface area (Å²) in [4.78, 5) is 12.9. The highest BCUT2D eigenvalue weighted by Gasteiger charge is 2.31.